The van der Waals surface area contributed by atoms with E-state index in [0.29, 0.717) is 48.0 Å². The molecule has 2 unspecified atom stereocenters. The first-order valence-corrected chi connectivity index (χ1v) is 14.6. The van der Waals surface area contributed by atoms with E-state index in [4.69, 9.17) is 14.2 Å². The highest BCUT2D eigenvalue weighted by molar-refractivity contribution is 7.90. The van der Waals surface area contributed by atoms with Crippen LogP contribution in [0, 0.1) is 17.7 Å². The Kier molecular flexibility index (Phi) is 6.61. The summed E-state index contributed by atoms with van der Waals surface area (Å²) in [6.07, 6.45) is 1.84. The van der Waals surface area contributed by atoms with Crippen molar-refractivity contribution in [1.82, 2.24) is 14.9 Å². The van der Waals surface area contributed by atoms with E-state index < -0.39 is 21.3 Å². The molecule has 2 aliphatic heterocycles. The maximum atomic E-state index is 14.9. The van der Waals surface area contributed by atoms with Gasteiger partial charge < -0.3 is 19.1 Å². The van der Waals surface area contributed by atoms with Gasteiger partial charge in [0.05, 0.1) is 23.6 Å². The Labute approximate surface area is 218 Å². The fourth-order valence-corrected chi connectivity index (χ4v) is 6.33. The topological polar surface area (TPSA) is 108 Å². The minimum absolute atomic E-state index is 0.0644. The number of carbonyl (C=O) groups is 1. The molecule has 0 N–H and O–H groups in total. The van der Waals surface area contributed by atoms with Crippen molar-refractivity contribution in [3.05, 3.63) is 35.7 Å². The van der Waals surface area contributed by atoms with E-state index in [1.807, 2.05) is 20.8 Å². The third-order valence-corrected chi connectivity index (χ3v) is 8.45. The molecule has 4 heterocycles. The van der Waals surface area contributed by atoms with Crippen molar-refractivity contribution in [2.45, 2.75) is 37.4 Å². The molecule has 1 amide bonds. The van der Waals surface area contributed by atoms with Gasteiger partial charge in [-0.2, -0.15) is 0 Å². The number of halogens is 1. The number of rotatable bonds is 4. The number of likely N-dealkylation sites (tertiary alicyclic amines) is 1. The number of benzene rings is 1. The average molecular weight is 550 g/mol. The van der Waals surface area contributed by atoms with E-state index in [-0.39, 0.29) is 34.5 Å². The number of amides is 1. The number of carbonyl (C=O) groups excluding carboxylic acids is 1. The summed E-state index contributed by atoms with van der Waals surface area (Å²) in [5.74, 6) is -0.386. The standard InChI is InChI=1S/C25H28FN3O6S2/c1-25(2,3)35-24(30)29-8-14-10-33-11-15(9-29)21(14)34-23-22-20(27-13-28-23)18(12-36-22)17-6-5-16(7-19(17)26)37(4,31)32/h5-7,12-15,21H,8-11H2,1-4H3. The van der Waals surface area contributed by atoms with Gasteiger partial charge in [-0.05, 0) is 32.9 Å². The van der Waals surface area contributed by atoms with Crippen LogP contribution in [0.2, 0.25) is 0 Å². The van der Waals surface area contributed by atoms with Gasteiger partial charge in [-0.1, -0.05) is 6.07 Å². The molecule has 2 saturated heterocycles. The van der Waals surface area contributed by atoms with Crippen molar-refractivity contribution >= 4 is 37.5 Å². The van der Waals surface area contributed by atoms with E-state index in [1.165, 1.54) is 29.8 Å². The van der Waals surface area contributed by atoms with Crippen molar-refractivity contribution in [2.24, 2.45) is 11.8 Å². The van der Waals surface area contributed by atoms with E-state index in [9.17, 15) is 17.6 Å². The zero-order chi connectivity index (χ0) is 26.5. The predicted octanol–water partition coefficient (Wildman–Crippen LogP) is 4.16. The molecule has 12 heteroatoms. The van der Waals surface area contributed by atoms with Crippen molar-refractivity contribution < 1.29 is 31.8 Å². The molecule has 0 aliphatic carbocycles. The molecule has 2 aromatic heterocycles. The third-order valence-electron chi connectivity index (χ3n) is 6.38. The molecule has 37 heavy (non-hydrogen) atoms. The monoisotopic (exact) mass is 549 g/mol. The number of hydrogen-bond acceptors (Lipinski definition) is 9. The molecule has 5 rings (SSSR count). The van der Waals surface area contributed by atoms with Crippen LogP contribution >= 0.6 is 11.3 Å². The van der Waals surface area contributed by atoms with Crippen LogP contribution in [0.15, 0.2) is 34.8 Å². The molecule has 2 fully saturated rings. The van der Waals surface area contributed by atoms with E-state index >= 15 is 0 Å². The van der Waals surface area contributed by atoms with Crippen LogP contribution in [0.5, 0.6) is 5.88 Å². The molecule has 3 aromatic rings. The Morgan fingerprint density at radius 3 is 2.49 bits per heavy atom. The zero-order valence-electron chi connectivity index (χ0n) is 20.9. The lowest BCUT2D eigenvalue weighted by molar-refractivity contribution is -0.112. The molecule has 198 valence electrons. The van der Waals surface area contributed by atoms with Gasteiger partial charge in [0, 0.05) is 47.7 Å². The molecule has 1 aromatic carbocycles. The van der Waals surface area contributed by atoms with Gasteiger partial charge in [0.15, 0.2) is 9.84 Å². The second kappa shape index (κ2) is 9.48. The number of nitrogens with zero attached hydrogens (tertiary/aromatic N) is 3. The molecule has 2 atom stereocenters. The van der Waals surface area contributed by atoms with E-state index in [0.717, 1.165) is 12.3 Å². The number of ether oxygens (including phenoxy) is 3. The summed E-state index contributed by atoms with van der Waals surface area (Å²) in [5.41, 5.74) is 0.727. The number of piperidine rings is 1. The number of aromatic nitrogens is 2. The maximum Gasteiger partial charge on any atom is 0.410 e. The first-order valence-electron chi connectivity index (χ1n) is 11.9. The van der Waals surface area contributed by atoms with Gasteiger partial charge in [-0.25, -0.2) is 27.6 Å². The van der Waals surface area contributed by atoms with Gasteiger partial charge >= 0.3 is 6.09 Å². The molecular weight excluding hydrogens is 521 g/mol. The number of sulfone groups is 1. The first kappa shape index (κ1) is 25.8. The molecule has 0 radical (unpaired) electrons. The van der Waals surface area contributed by atoms with Crippen LogP contribution in [-0.4, -0.2) is 73.6 Å². The highest BCUT2D eigenvalue weighted by atomic mass is 32.2. The van der Waals surface area contributed by atoms with Gasteiger partial charge in [-0.3, -0.25) is 0 Å². The van der Waals surface area contributed by atoms with Crippen LogP contribution in [-0.2, 0) is 19.3 Å². The first-order chi connectivity index (χ1) is 17.4. The number of hydrogen-bond donors (Lipinski definition) is 0. The zero-order valence-corrected chi connectivity index (χ0v) is 22.6. The highest BCUT2D eigenvalue weighted by Gasteiger charge is 2.44. The fraction of sp³-hybridized carbons (Fsp3) is 0.480. The van der Waals surface area contributed by atoms with Crippen LogP contribution in [0.4, 0.5) is 9.18 Å². The van der Waals surface area contributed by atoms with Crippen LogP contribution < -0.4 is 4.74 Å². The normalized spacial score (nSPS) is 22.2. The number of fused-ring (bicyclic) bond motifs is 3. The smallest absolute Gasteiger partial charge is 0.410 e. The second-order valence-corrected chi connectivity index (χ2v) is 13.3. The average Bonchev–Trinajstić information content (AvgIpc) is 3.22. The van der Waals surface area contributed by atoms with Crippen LogP contribution in [0.3, 0.4) is 0 Å². The summed E-state index contributed by atoms with van der Waals surface area (Å²) < 4.78 is 56.9. The largest absolute Gasteiger partial charge is 0.472 e. The van der Waals surface area contributed by atoms with Gasteiger partial charge in [0.25, 0.3) is 0 Å². The summed E-state index contributed by atoms with van der Waals surface area (Å²) in [7, 11) is -3.53. The molecular formula is C25H28FN3O6S2. The Balaban J connectivity index is 1.40. The summed E-state index contributed by atoms with van der Waals surface area (Å²) in [4.78, 5) is 23.0. The molecule has 2 aliphatic rings. The lowest BCUT2D eigenvalue weighted by Gasteiger charge is -2.46. The Hall–Kier alpha value is -2.83. The van der Waals surface area contributed by atoms with Gasteiger partial charge in [0.2, 0.25) is 5.88 Å². The Morgan fingerprint density at radius 1 is 1.16 bits per heavy atom. The molecule has 9 nitrogen and oxygen atoms in total. The lowest BCUT2D eigenvalue weighted by atomic mass is 9.84. The minimum Gasteiger partial charge on any atom is -0.472 e. The van der Waals surface area contributed by atoms with E-state index in [1.54, 1.807) is 10.3 Å². The Morgan fingerprint density at radius 2 is 1.86 bits per heavy atom. The van der Waals surface area contributed by atoms with Crippen molar-refractivity contribution in [3.8, 4) is 17.0 Å². The summed E-state index contributed by atoms with van der Waals surface area (Å²) in [5, 5.41) is 1.76. The maximum absolute atomic E-state index is 14.9. The summed E-state index contributed by atoms with van der Waals surface area (Å²) >= 11 is 1.33. The van der Waals surface area contributed by atoms with Crippen molar-refractivity contribution in [2.75, 3.05) is 32.6 Å². The second-order valence-electron chi connectivity index (χ2n) is 10.4. The Bertz CT molecular complexity index is 1440. The van der Waals surface area contributed by atoms with Crippen LogP contribution in [0.25, 0.3) is 21.3 Å². The fourth-order valence-electron chi connectivity index (χ4n) is 4.75. The number of thiophene rings is 1. The van der Waals surface area contributed by atoms with Crippen molar-refractivity contribution in [3.63, 3.8) is 0 Å². The minimum atomic E-state index is -3.53. The summed E-state index contributed by atoms with van der Waals surface area (Å²) in [6.45, 7) is 7.30. The molecule has 2 bridgehead atoms. The van der Waals surface area contributed by atoms with Gasteiger partial charge in [-0.15, -0.1) is 11.3 Å². The van der Waals surface area contributed by atoms with Crippen molar-refractivity contribution in [1.29, 1.82) is 0 Å². The van der Waals surface area contributed by atoms with Crippen LogP contribution in [0.1, 0.15) is 20.8 Å². The quantitative estimate of drug-likeness (QED) is 0.478. The molecule has 0 spiro atoms. The highest BCUT2D eigenvalue weighted by Crippen LogP contribution is 2.40. The SMILES string of the molecule is CC(C)(C)OC(=O)N1CC2COCC(C1)C2Oc1ncnc2c(-c3ccc(S(C)(=O)=O)cc3F)csc12. The molecule has 0 saturated carbocycles. The lowest BCUT2D eigenvalue weighted by Crippen LogP contribution is -2.59. The van der Waals surface area contributed by atoms with Gasteiger partial charge in [0.1, 0.15) is 28.5 Å². The van der Waals surface area contributed by atoms with E-state index in [2.05, 4.69) is 9.97 Å². The summed E-state index contributed by atoms with van der Waals surface area (Å²) in [6, 6.07) is 3.85. The predicted molar refractivity (Wildman–Crippen MR) is 136 cm³/mol. The third kappa shape index (κ3) is 5.27.